The van der Waals surface area contributed by atoms with Gasteiger partial charge in [-0.15, -0.1) is 0 Å². The van der Waals surface area contributed by atoms with Crippen LogP contribution >= 0.6 is 0 Å². The fourth-order valence-electron chi connectivity index (χ4n) is 2.48. The minimum Gasteiger partial charge on any atom is -0.455 e. The zero-order valence-electron chi connectivity index (χ0n) is 15.8. The first-order valence-corrected chi connectivity index (χ1v) is 11.8. The summed E-state index contributed by atoms with van der Waals surface area (Å²) in [5.41, 5.74) is 1.11. The van der Waals surface area contributed by atoms with E-state index < -0.39 is 20.0 Å². The van der Waals surface area contributed by atoms with E-state index in [2.05, 4.69) is 4.72 Å². The zero-order valence-corrected chi connectivity index (χ0v) is 17.4. The summed E-state index contributed by atoms with van der Waals surface area (Å²) in [4.78, 5) is -0.00592. The molecular weight excluding hydrogens is 388 g/mol. The number of sulfonamides is 2. The molecular formula is C18H24N2O5S2. The molecule has 0 aliphatic heterocycles. The van der Waals surface area contributed by atoms with Crippen molar-refractivity contribution in [3.63, 3.8) is 0 Å². The number of nitrogens with zero attached hydrogens (tertiary/aromatic N) is 1. The van der Waals surface area contributed by atoms with Crippen molar-refractivity contribution in [2.75, 3.05) is 24.1 Å². The normalized spacial score (nSPS) is 12.2. The summed E-state index contributed by atoms with van der Waals surface area (Å²) in [5, 5.41) is 0. The molecule has 9 heteroatoms. The minimum atomic E-state index is -3.73. The third-order valence-electron chi connectivity index (χ3n) is 3.84. The molecule has 2 rings (SSSR count). The van der Waals surface area contributed by atoms with E-state index in [0.717, 1.165) is 11.8 Å². The fraction of sp³-hybridized carbons (Fsp3) is 0.333. The summed E-state index contributed by atoms with van der Waals surface area (Å²) in [6, 6.07) is 11.4. The van der Waals surface area contributed by atoms with Crippen LogP contribution in [0.5, 0.6) is 11.5 Å². The van der Waals surface area contributed by atoms with E-state index in [1.165, 1.54) is 22.5 Å². The van der Waals surface area contributed by atoms with Gasteiger partial charge in [0.05, 0.1) is 16.8 Å². The summed E-state index contributed by atoms with van der Waals surface area (Å²) in [6.45, 7) is 6.05. The van der Waals surface area contributed by atoms with Crippen molar-refractivity contribution in [3.05, 3.63) is 48.0 Å². The van der Waals surface area contributed by atoms with E-state index in [0.29, 0.717) is 18.8 Å². The molecule has 0 fully saturated rings. The molecule has 2 aromatic carbocycles. The maximum absolute atomic E-state index is 12.7. The van der Waals surface area contributed by atoms with Crippen molar-refractivity contribution < 1.29 is 21.6 Å². The molecule has 0 aromatic heterocycles. The van der Waals surface area contributed by atoms with Crippen molar-refractivity contribution in [1.82, 2.24) is 4.31 Å². The predicted molar refractivity (Wildman–Crippen MR) is 106 cm³/mol. The van der Waals surface area contributed by atoms with Crippen molar-refractivity contribution in [1.29, 1.82) is 0 Å². The number of hydrogen-bond acceptors (Lipinski definition) is 5. The summed E-state index contributed by atoms with van der Waals surface area (Å²) in [7, 11) is -7.36. The van der Waals surface area contributed by atoms with Gasteiger partial charge in [-0.25, -0.2) is 16.8 Å². The highest BCUT2D eigenvalue weighted by atomic mass is 32.2. The largest absolute Gasteiger partial charge is 0.455 e. The van der Waals surface area contributed by atoms with E-state index in [1.54, 1.807) is 26.0 Å². The lowest BCUT2D eigenvalue weighted by atomic mass is 10.2. The standard InChI is InChI=1S/C18H24N2O5S2/c1-5-20(6-2)27(23,24)16-11-12-18(17(13-16)19-26(4,21)22)25-15-9-7-14(3)8-10-15/h7-13,19H,5-6H2,1-4H3. The van der Waals surface area contributed by atoms with E-state index in [9.17, 15) is 16.8 Å². The Labute approximate surface area is 161 Å². The molecule has 0 saturated heterocycles. The van der Waals surface area contributed by atoms with Gasteiger partial charge in [0.2, 0.25) is 20.0 Å². The number of nitrogens with one attached hydrogen (secondary N) is 1. The van der Waals surface area contributed by atoms with Crippen molar-refractivity contribution in [3.8, 4) is 11.5 Å². The second-order valence-electron chi connectivity index (χ2n) is 6.04. The molecule has 0 heterocycles. The predicted octanol–water partition coefficient (Wildman–Crippen LogP) is 3.19. The Bertz CT molecular complexity index is 997. The average molecular weight is 413 g/mol. The molecule has 0 bridgehead atoms. The number of ether oxygens (including phenoxy) is 1. The molecule has 7 nitrogen and oxygen atoms in total. The highest BCUT2D eigenvalue weighted by molar-refractivity contribution is 7.92. The fourth-order valence-corrected chi connectivity index (χ4v) is 4.53. The van der Waals surface area contributed by atoms with Gasteiger partial charge in [-0.3, -0.25) is 4.72 Å². The number of benzene rings is 2. The Morgan fingerprint density at radius 2 is 1.56 bits per heavy atom. The van der Waals surface area contributed by atoms with Crippen LogP contribution in [0.4, 0.5) is 5.69 Å². The van der Waals surface area contributed by atoms with Crippen LogP contribution < -0.4 is 9.46 Å². The lowest BCUT2D eigenvalue weighted by Gasteiger charge is -2.20. The van der Waals surface area contributed by atoms with Crippen LogP contribution in [0.2, 0.25) is 0 Å². The quantitative estimate of drug-likeness (QED) is 0.719. The van der Waals surface area contributed by atoms with Crippen LogP contribution in [0, 0.1) is 6.92 Å². The monoisotopic (exact) mass is 412 g/mol. The maximum atomic E-state index is 12.7. The second kappa shape index (κ2) is 8.28. The van der Waals surface area contributed by atoms with Gasteiger partial charge in [0, 0.05) is 13.1 Å². The van der Waals surface area contributed by atoms with Gasteiger partial charge in [-0.2, -0.15) is 4.31 Å². The second-order valence-corrected chi connectivity index (χ2v) is 9.72. The first kappa shape index (κ1) is 21.2. The summed E-state index contributed by atoms with van der Waals surface area (Å²) in [5.74, 6) is 0.722. The van der Waals surface area contributed by atoms with Gasteiger partial charge in [-0.05, 0) is 37.3 Å². The Balaban J connectivity index is 2.50. The lowest BCUT2D eigenvalue weighted by Crippen LogP contribution is -2.30. The Morgan fingerprint density at radius 3 is 2.07 bits per heavy atom. The minimum absolute atomic E-state index is 0.00592. The SMILES string of the molecule is CCN(CC)S(=O)(=O)c1ccc(Oc2ccc(C)cc2)c(NS(C)(=O)=O)c1. The average Bonchev–Trinajstić information content (AvgIpc) is 2.58. The summed E-state index contributed by atoms with van der Waals surface area (Å²) < 4.78 is 58.3. The molecule has 0 atom stereocenters. The van der Waals surface area contributed by atoms with E-state index in [1.807, 2.05) is 19.1 Å². The molecule has 0 radical (unpaired) electrons. The van der Waals surface area contributed by atoms with E-state index in [-0.39, 0.29) is 16.3 Å². The van der Waals surface area contributed by atoms with Gasteiger partial charge in [0.25, 0.3) is 0 Å². The maximum Gasteiger partial charge on any atom is 0.243 e. The molecule has 0 spiro atoms. The van der Waals surface area contributed by atoms with Crippen LogP contribution in [0.15, 0.2) is 47.4 Å². The molecule has 0 unspecified atom stereocenters. The van der Waals surface area contributed by atoms with Gasteiger partial charge in [0.1, 0.15) is 5.75 Å². The highest BCUT2D eigenvalue weighted by Gasteiger charge is 2.23. The van der Waals surface area contributed by atoms with Crippen LogP contribution in [-0.2, 0) is 20.0 Å². The Morgan fingerprint density at radius 1 is 0.963 bits per heavy atom. The molecule has 0 aliphatic carbocycles. The van der Waals surface area contributed by atoms with Gasteiger partial charge in [0.15, 0.2) is 5.75 Å². The Kier molecular flexibility index (Phi) is 6.50. The third-order valence-corrected chi connectivity index (χ3v) is 6.47. The van der Waals surface area contributed by atoms with Crippen molar-refractivity contribution in [2.24, 2.45) is 0 Å². The summed E-state index contributed by atoms with van der Waals surface area (Å²) >= 11 is 0. The number of aryl methyl sites for hydroxylation is 1. The zero-order chi connectivity index (χ0) is 20.2. The molecule has 2 aromatic rings. The molecule has 0 saturated carbocycles. The van der Waals surface area contributed by atoms with Crippen LogP contribution in [-0.4, -0.2) is 40.5 Å². The number of rotatable bonds is 8. The smallest absolute Gasteiger partial charge is 0.243 e. The summed E-state index contributed by atoms with van der Waals surface area (Å²) in [6.07, 6.45) is 0.994. The molecule has 0 amide bonds. The molecule has 1 N–H and O–H groups in total. The van der Waals surface area contributed by atoms with Gasteiger partial charge >= 0.3 is 0 Å². The van der Waals surface area contributed by atoms with Gasteiger partial charge < -0.3 is 4.74 Å². The Hall–Kier alpha value is -2.10. The van der Waals surface area contributed by atoms with E-state index >= 15 is 0 Å². The van der Waals surface area contributed by atoms with Crippen LogP contribution in [0.3, 0.4) is 0 Å². The van der Waals surface area contributed by atoms with Crippen LogP contribution in [0.25, 0.3) is 0 Å². The van der Waals surface area contributed by atoms with E-state index in [4.69, 9.17) is 4.74 Å². The van der Waals surface area contributed by atoms with Crippen molar-refractivity contribution in [2.45, 2.75) is 25.7 Å². The third kappa shape index (κ3) is 5.44. The highest BCUT2D eigenvalue weighted by Crippen LogP contribution is 2.33. The first-order valence-electron chi connectivity index (χ1n) is 8.43. The number of hydrogen-bond donors (Lipinski definition) is 1. The molecule has 0 aliphatic rings. The van der Waals surface area contributed by atoms with Crippen molar-refractivity contribution >= 4 is 25.7 Å². The molecule has 27 heavy (non-hydrogen) atoms. The molecule has 148 valence electrons. The van der Waals surface area contributed by atoms with Crippen LogP contribution in [0.1, 0.15) is 19.4 Å². The topological polar surface area (TPSA) is 92.8 Å². The number of anilines is 1. The van der Waals surface area contributed by atoms with Gasteiger partial charge in [-0.1, -0.05) is 31.5 Å². The lowest BCUT2D eigenvalue weighted by molar-refractivity contribution is 0.445. The first-order chi connectivity index (χ1) is 12.6.